The van der Waals surface area contributed by atoms with Gasteiger partial charge in [0.05, 0.1) is 23.8 Å². The molecule has 4 aromatic rings. The smallest absolute Gasteiger partial charge is 0.343 e. The van der Waals surface area contributed by atoms with Crippen molar-refractivity contribution in [2.24, 2.45) is 5.10 Å². The fourth-order valence-corrected chi connectivity index (χ4v) is 3.88. The molecule has 206 valence electrons. The Morgan fingerprint density at radius 3 is 2.27 bits per heavy atom. The van der Waals surface area contributed by atoms with Crippen LogP contribution in [0.4, 0.5) is 11.4 Å². The van der Waals surface area contributed by atoms with Gasteiger partial charge in [0.25, 0.3) is 17.5 Å². The molecule has 12 heteroatoms. The Labute approximate surface area is 242 Å². The average Bonchev–Trinajstić information content (AvgIpc) is 2.98. The highest BCUT2D eigenvalue weighted by molar-refractivity contribution is 9.10. The summed E-state index contributed by atoms with van der Waals surface area (Å²) in [5.41, 5.74) is 3.78. The molecule has 0 radical (unpaired) electrons. The summed E-state index contributed by atoms with van der Waals surface area (Å²) < 4.78 is 11.3. The summed E-state index contributed by atoms with van der Waals surface area (Å²) in [5.74, 6) is -0.809. The summed E-state index contributed by atoms with van der Waals surface area (Å²) in [6.45, 7) is 0. The van der Waals surface area contributed by atoms with Crippen LogP contribution >= 0.6 is 15.9 Å². The van der Waals surface area contributed by atoms with E-state index in [1.807, 2.05) is 0 Å². The fraction of sp³-hybridized carbons (Fsp3) is 0.0345. The molecule has 0 saturated heterocycles. The first-order valence-corrected chi connectivity index (χ1v) is 12.7. The van der Waals surface area contributed by atoms with Crippen LogP contribution in [0.15, 0.2) is 101 Å². The van der Waals surface area contributed by atoms with Crippen LogP contribution in [-0.4, -0.2) is 36.0 Å². The average molecular weight is 617 g/mol. The van der Waals surface area contributed by atoms with Crippen LogP contribution in [0.3, 0.4) is 0 Å². The molecule has 4 aromatic carbocycles. The van der Waals surface area contributed by atoms with Crippen LogP contribution in [0.2, 0.25) is 0 Å². The highest BCUT2D eigenvalue weighted by atomic mass is 79.9. The maximum absolute atomic E-state index is 12.7. The van der Waals surface area contributed by atoms with Gasteiger partial charge in [-0.25, -0.2) is 10.2 Å². The second-order valence-corrected chi connectivity index (χ2v) is 9.25. The molecular weight excluding hydrogens is 596 g/mol. The second kappa shape index (κ2) is 13.1. The number of carbonyl (C=O) groups excluding carboxylic acids is 3. The van der Waals surface area contributed by atoms with Crippen molar-refractivity contribution in [3.8, 4) is 11.5 Å². The van der Waals surface area contributed by atoms with E-state index in [0.717, 1.165) is 0 Å². The van der Waals surface area contributed by atoms with Crippen LogP contribution in [0, 0.1) is 10.1 Å². The molecule has 0 unspecified atom stereocenters. The first-order chi connectivity index (χ1) is 19.7. The summed E-state index contributed by atoms with van der Waals surface area (Å²) in [4.78, 5) is 48.1. The van der Waals surface area contributed by atoms with Crippen LogP contribution in [0.1, 0.15) is 36.6 Å². The van der Waals surface area contributed by atoms with Crippen LogP contribution < -0.4 is 20.2 Å². The number of hydrogen-bond donors (Lipinski definition) is 2. The van der Waals surface area contributed by atoms with Gasteiger partial charge in [0.1, 0.15) is 11.5 Å². The van der Waals surface area contributed by atoms with Crippen LogP contribution in [0.25, 0.3) is 0 Å². The molecule has 41 heavy (non-hydrogen) atoms. The zero-order chi connectivity index (χ0) is 29.4. The van der Waals surface area contributed by atoms with Gasteiger partial charge in [-0.2, -0.15) is 5.10 Å². The molecule has 0 aliphatic carbocycles. The van der Waals surface area contributed by atoms with Crippen molar-refractivity contribution >= 4 is 51.3 Å². The Morgan fingerprint density at radius 1 is 0.878 bits per heavy atom. The third-order valence-corrected chi connectivity index (χ3v) is 6.09. The third kappa shape index (κ3) is 7.61. The van der Waals surface area contributed by atoms with Gasteiger partial charge in [-0.05, 0) is 72.8 Å². The predicted molar refractivity (Wildman–Crippen MR) is 155 cm³/mol. The maximum atomic E-state index is 12.7. The number of nitrogens with zero attached hydrogens (tertiary/aromatic N) is 2. The Balaban J connectivity index is 1.41. The standard InChI is InChI=1S/C29H21BrN4O7/c1-40-25-12-7-19(8-13-25)29(37)41-26-14-9-22(30)15-21(26)17-31-33-28(36)20-3-2-4-23(16-20)32-27(35)18-5-10-24(11-6-18)34(38)39/h2-17H,1H3,(H,32,35)(H,33,36). The first-order valence-electron chi connectivity index (χ1n) is 11.9. The molecule has 0 heterocycles. The van der Waals surface area contributed by atoms with Gasteiger partial charge >= 0.3 is 5.97 Å². The Hall–Kier alpha value is -5.36. The van der Waals surface area contributed by atoms with Gasteiger partial charge in [-0.1, -0.05) is 22.0 Å². The highest BCUT2D eigenvalue weighted by Crippen LogP contribution is 2.23. The number of methoxy groups -OCH3 is 1. The number of anilines is 1. The lowest BCUT2D eigenvalue weighted by Gasteiger charge is -2.09. The summed E-state index contributed by atoms with van der Waals surface area (Å²) in [7, 11) is 1.53. The normalized spacial score (nSPS) is 10.6. The maximum Gasteiger partial charge on any atom is 0.343 e. The summed E-state index contributed by atoms with van der Waals surface area (Å²) >= 11 is 3.37. The minimum absolute atomic E-state index is 0.133. The van der Waals surface area contributed by atoms with Crippen molar-refractivity contribution in [3.05, 3.63) is 128 Å². The molecule has 0 aromatic heterocycles. The van der Waals surface area contributed by atoms with Gasteiger partial charge in [-0.15, -0.1) is 0 Å². The number of esters is 1. The van der Waals surface area contributed by atoms with Crippen molar-refractivity contribution in [2.75, 3.05) is 12.4 Å². The minimum atomic E-state index is -0.582. The molecule has 0 aliphatic heterocycles. The number of amides is 2. The zero-order valence-corrected chi connectivity index (χ0v) is 23.0. The van der Waals surface area contributed by atoms with Crippen LogP contribution in [0.5, 0.6) is 11.5 Å². The number of nitro benzene ring substituents is 1. The largest absolute Gasteiger partial charge is 0.497 e. The molecule has 11 nitrogen and oxygen atoms in total. The number of ether oxygens (including phenoxy) is 2. The number of non-ortho nitro benzene ring substituents is 1. The fourth-order valence-electron chi connectivity index (χ4n) is 3.50. The second-order valence-electron chi connectivity index (χ2n) is 8.34. The molecule has 4 rings (SSSR count). The van der Waals surface area contributed by atoms with Crippen molar-refractivity contribution in [1.82, 2.24) is 5.43 Å². The quantitative estimate of drug-likeness (QED) is 0.0816. The summed E-state index contributed by atoms with van der Waals surface area (Å²) in [6, 6.07) is 22.7. The third-order valence-electron chi connectivity index (χ3n) is 5.59. The van der Waals surface area contributed by atoms with Gasteiger partial charge in [0.15, 0.2) is 0 Å². The Morgan fingerprint density at radius 2 is 1.59 bits per heavy atom. The molecule has 0 bridgehead atoms. The monoisotopic (exact) mass is 616 g/mol. The SMILES string of the molecule is COc1ccc(C(=O)Oc2ccc(Br)cc2C=NNC(=O)c2cccc(NC(=O)c3ccc([N+](=O)[O-])cc3)c2)cc1. The summed E-state index contributed by atoms with van der Waals surface area (Å²) in [6.07, 6.45) is 1.33. The van der Waals surface area contributed by atoms with E-state index in [9.17, 15) is 24.5 Å². The van der Waals surface area contributed by atoms with Crippen LogP contribution in [-0.2, 0) is 0 Å². The molecule has 2 N–H and O–H groups in total. The van der Waals surface area contributed by atoms with Gasteiger partial charge in [-0.3, -0.25) is 19.7 Å². The van der Waals surface area contributed by atoms with E-state index in [1.54, 1.807) is 54.6 Å². The lowest BCUT2D eigenvalue weighted by atomic mass is 10.1. The molecular formula is C29H21BrN4O7. The predicted octanol–water partition coefficient (Wildman–Crippen LogP) is 5.60. The number of nitro groups is 1. The number of halogens is 1. The number of rotatable bonds is 9. The van der Waals surface area contributed by atoms with Gasteiger partial charge in [0, 0.05) is 39.0 Å². The molecule has 0 aliphatic rings. The van der Waals surface area contributed by atoms with E-state index in [-0.39, 0.29) is 22.6 Å². The van der Waals surface area contributed by atoms with Gasteiger partial charge < -0.3 is 14.8 Å². The van der Waals surface area contributed by atoms with E-state index < -0.39 is 22.7 Å². The number of carbonyl (C=O) groups is 3. The number of hydrazone groups is 1. The topological polar surface area (TPSA) is 149 Å². The van der Waals surface area contributed by atoms with E-state index in [4.69, 9.17) is 9.47 Å². The van der Waals surface area contributed by atoms with E-state index in [0.29, 0.717) is 27.0 Å². The van der Waals surface area contributed by atoms with E-state index in [1.165, 1.54) is 49.7 Å². The van der Waals surface area contributed by atoms with Crippen molar-refractivity contribution in [3.63, 3.8) is 0 Å². The lowest BCUT2D eigenvalue weighted by Crippen LogP contribution is -2.18. The first kappa shape index (κ1) is 28.6. The van der Waals surface area contributed by atoms with Gasteiger partial charge in [0.2, 0.25) is 0 Å². The molecule has 0 saturated carbocycles. The molecule has 0 fully saturated rings. The van der Waals surface area contributed by atoms with Crippen molar-refractivity contribution < 1.29 is 28.8 Å². The number of hydrogen-bond acceptors (Lipinski definition) is 8. The van der Waals surface area contributed by atoms with Crippen molar-refractivity contribution in [1.29, 1.82) is 0 Å². The minimum Gasteiger partial charge on any atom is -0.497 e. The summed E-state index contributed by atoms with van der Waals surface area (Å²) in [5, 5.41) is 17.4. The molecule has 2 amide bonds. The number of nitrogens with one attached hydrogen (secondary N) is 2. The van der Waals surface area contributed by atoms with Crippen molar-refractivity contribution in [2.45, 2.75) is 0 Å². The number of benzene rings is 4. The molecule has 0 spiro atoms. The van der Waals surface area contributed by atoms with E-state index >= 15 is 0 Å². The Bertz CT molecular complexity index is 1640. The zero-order valence-electron chi connectivity index (χ0n) is 21.4. The Kier molecular flexibility index (Phi) is 9.17. The lowest BCUT2D eigenvalue weighted by molar-refractivity contribution is -0.384. The highest BCUT2D eigenvalue weighted by Gasteiger charge is 2.13. The molecule has 0 atom stereocenters. The van der Waals surface area contributed by atoms with E-state index in [2.05, 4.69) is 31.8 Å².